The first-order valence-electron chi connectivity index (χ1n) is 14.7. The molecule has 0 radical (unpaired) electrons. The van der Waals surface area contributed by atoms with Gasteiger partial charge in [0.25, 0.3) is 10.0 Å². The van der Waals surface area contributed by atoms with E-state index in [0.717, 1.165) is 47.5 Å². The lowest BCUT2D eigenvalue weighted by atomic mass is 9.95. The van der Waals surface area contributed by atoms with Crippen molar-refractivity contribution in [3.8, 4) is 5.75 Å². The van der Waals surface area contributed by atoms with Crippen molar-refractivity contribution >= 4 is 50.7 Å². The Balaban J connectivity index is 1.74. The van der Waals surface area contributed by atoms with Gasteiger partial charge >= 0.3 is 0 Å². The maximum atomic E-state index is 14.3. The topological polar surface area (TPSA) is 96.0 Å². The van der Waals surface area contributed by atoms with Crippen LogP contribution in [0.2, 0.25) is 10.0 Å². The quantitative estimate of drug-likeness (QED) is 0.248. The fraction of sp³-hybridized carbons (Fsp3) is 0.394. The lowest BCUT2D eigenvalue weighted by molar-refractivity contribution is -0.139. The Morgan fingerprint density at radius 1 is 0.932 bits per heavy atom. The van der Waals surface area contributed by atoms with Crippen LogP contribution in [0.15, 0.2) is 65.6 Å². The van der Waals surface area contributed by atoms with Gasteiger partial charge in [-0.15, -0.1) is 0 Å². The molecule has 3 aromatic rings. The molecule has 1 atom stereocenters. The molecule has 3 aromatic carbocycles. The van der Waals surface area contributed by atoms with Crippen molar-refractivity contribution in [3.63, 3.8) is 0 Å². The largest absolute Gasteiger partial charge is 0.495 e. The highest BCUT2D eigenvalue weighted by Crippen LogP contribution is 2.34. The molecular weight excluding hydrogens is 621 g/mol. The van der Waals surface area contributed by atoms with Gasteiger partial charge in [-0.05, 0) is 81.1 Å². The van der Waals surface area contributed by atoms with Crippen LogP contribution in [0, 0.1) is 13.8 Å². The van der Waals surface area contributed by atoms with E-state index < -0.39 is 28.5 Å². The average molecular weight is 661 g/mol. The Morgan fingerprint density at radius 2 is 1.59 bits per heavy atom. The number of sulfonamides is 1. The smallest absolute Gasteiger partial charge is 0.264 e. The molecule has 0 aliphatic heterocycles. The van der Waals surface area contributed by atoms with E-state index in [4.69, 9.17) is 27.9 Å². The number of hydrogen-bond donors (Lipinski definition) is 1. The summed E-state index contributed by atoms with van der Waals surface area (Å²) in [6, 6.07) is 15.7. The van der Waals surface area contributed by atoms with Crippen LogP contribution >= 0.6 is 23.2 Å². The Morgan fingerprint density at radius 3 is 2.23 bits per heavy atom. The van der Waals surface area contributed by atoms with Crippen LogP contribution in [-0.2, 0) is 26.2 Å². The molecule has 1 aliphatic rings. The third-order valence-electron chi connectivity index (χ3n) is 7.95. The first-order chi connectivity index (χ1) is 20.9. The van der Waals surface area contributed by atoms with Gasteiger partial charge in [0.2, 0.25) is 11.8 Å². The van der Waals surface area contributed by atoms with Gasteiger partial charge in [-0.25, -0.2) is 8.42 Å². The number of aryl methyl sites for hydroxylation is 2. The van der Waals surface area contributed by atoms with E-state index in [0.29, 0.717) is 21.4 Å². The minimum atomic E-state index is -4.24. The number of nitrogens with zero attached hydrogens (tertiary/aromatic N) is 2. The van der Waals surface area contributed by atoms with Crippen LogP contribution in [0.25, 0.3) is 0 Å². The molecule has 8 nitrogen and oxygen atoms in total. The number of carbonyl (C=O) groups excluding carboxylic acids is 2. The van der Waals surface area contributed by atoms with Gasteiger partial charge in [0.05, 0.1) is 27.7 Å². The molecule has 236 valence electrons. The zero-order valence-electron chi connectivity index (χ0n) is 25.5. The van der Waals surface area contributed by atoms with Gasteiger partial charge in [0.15, 0.2) is 0 Å². The Kier molecular flexibility index (Phi) is 11.2. The van der Waals surface area contributed by atoms with Gasteiger partial charge in [0, 0.05) is 12.6 Å². The lowest BCUT2D eigenvalue weighted by Gasteiger charge is -2.33. The lowest BCUT2D eigenvalue weighted by Crippen LogP contribution is -2.53. The number of nitrogens with one attached hydrogen (secondary N) is 1. The van der Waals surface area contributed by atoms with E-state index in [1.54, 1.807) is 55.5 Å². The highest BCUT2D eigenvalue weighted by molar-refractivity contribution is 7.92. The standard InChI is InChI=1S/C33H39Cl2N3O5S/c1-22-10-14-27(15-11-22)44(41,42)38(30-18-23(2)12-17-31(30)43-4)21-32(39)37(20-25-13-16-28(34)29(35)19-25)24(3)33(40)36-26-8-6-5-7-9-26/h10-19,24,26H,5-9,20-21H2,1-4H3,(H,36,40)/t24-/m0/s1. The molecule has 1 aliphatic carbocycles. The average Bonchev–Trinajstić information content (AvgIpc) is 3.00. The summed E-state index contributed by atoms with van der Waals surface area (Å²) in [4.78, 5) is 29.2. The second-order valence-electron chi connectivity index (χ2n) is 11.3. The molecule has 4 rings (SSSR count). The zero-order chi connectivity index (χ0) is 32.0. The van der Waals surface area contributed by atoms with Crippen molar-refractivity contribution in [2.45, 2.75) is 76.4 Å². The number of ether oxygens (including phenoxy) is 1. The number of carbonyl (C=O) groups is 2. The first-order valence-corrected chi connectivity index (χ1v) is 16.9. The van der Waals surface area contributed by atoms with Crippen molar-refractivity contribution in [2.24, 2.45) is 0 Å². The maximum Gasteiger partial charge on any atom is 0.264 e. The molecule has 2 amide bonds. The number of amides is 2. The predicted molar refractivity (Wildman–Crippen MR) is 175 cm³/mol. The molecule has 1 saturated carbocycles. The highest BCUT2D eigenvalue weighted by atomic mass is 35.5. The molecule has 0 heterocycles. The third-order valence-corrected chi connectivity index (χ3v) is 10.5. The second-order valence-corrected chi connectivity index (χ2v) is 14.0. The summed E-state index contributed by atoms with van der Waals surface area (Å²) in [6.45, 7) is 4.79. The number of rotatable bonds is 11. The van der Waals surface area contributed by atoms with Crippen LogP contribution in [0.3, 0.4) is 0 Å². The fourth-order valence-corrected chi connectivity index (χ4v) is 7.07. The summed E-state index contributed by atoms with van der Waals surface area (Å²) in [7, 11) is -2.79. The van der Waals surface area contributed by atoms with Crippen molar-refractivity contribution in [1.82, 2.24) is 10.2 Å². The summed E-state index contributed by atoms with van der Waals surface area (Å²) in [5, 5.41) is 3.77. The fourth-order valence-electron chi connectivity index (χ4n) is 5.33. The van der Waals surface area contributed by atoms with Crippen molar-refractivity contribution < 1.29 is 22.7 Å². The minimum absolute atomic E-state index is 0.0122. The third kappa shape index (κ3) is 8.06. The van der Waals surface area contributed by atoms with Gasteiger partial charge in [0.1, 0.15) is 18.3 Å². The first kappa shape index (κ1) is 33.6. The zero-order valence-corrected chi connectivity index (χ0v) is 27.8. The molecule has 0 unspecified atom stereocenters. The van der Waals surface area contributed by atoms with Gasteiger partial charge in [-0.1, -0.05) is 72.3 Å². The second kappa shape index (κ2) is 14.7. The van der Waals surface area contributed by atoms with Crippen LogP contribution in [0.5, 0.6) is 5.75 Å². The van der Waals surface area contributed by atoms with Gasteiger partial charge < -0.3 is 15.0 Å². The van der Waals surface area contributed by atoms with Crippen LogP contribution in [0.4, 0.5) is 5.69 Å². The van der Waals surface area contributed by atoms with E-state index in [1.807, 2.05) is 13.8 Å². The summed E-state index contributed by atoms with van der Waals surface area (Å²) < 4.78 is 34.9. The summed E-state index contributed by atoms with van der Waals surface area (Å²) in [6.07, 6.45) is 4.98. The highest BCUT2D eigenvalue weighted by Gasteiger charge is 2.34. The van der Waals surface area contributed by atoms with Gasteiger partial charge in [-0.2, -0.15) is 0 Å². The normalized spacial score (nSPS) is 14.5. The van der Waals surface area contributed by atoms with Gasteiger partial charge in [-0.3, -0.25) is 13.9 Å². The number of hydrogen-bond acceptors (Lipinski definition) is 5. The van der Waals surface area contributed by atoms with E-state index >= 15 is 0 Å². The molecule has 0 spiro atoms. The molecule has 44 heavy (non-hydrogen) atoms. The Hall–Kier alpha value is -3.27. The monoisotopic (exact) mass is 659 g/mol. The molecule has 11 heteroatoms. The summed E-state index contributed by atoms with van der Waals surface area (Å²) in [5.74, 6) is -0.578. The van der Waals surface area contributed by atoms with Crippen molar-refractivity contribution in [1.29, 1.82) is 0 Å². The molecule has 1 fully saturated rings. The summed E-state index contributed by atoms with van der Waals surface area (Å²) >= 11 is 12.4. The molecule has 1 N–H and O–H groups in total. The Bertz CT molecular complexity index is 1590. The molecule has 0 aromatic heterocycles. The van der Waals surface area contributed by atoms with Crippen molar-refractivity contribution in [3.05, 3.63) is 87.4 Å². The molecular formula is C33H39Cl2N3O5S. The maximum absolute atomic E-state index is 14.3. The van der Waals surface area contributed by atoms with Crippen LogP contribution in [0.1, 0.15) is 55.7 Å². The Labute approximate surface area is 270 Å². The van der Waals surface area contributed by atoms with E-state index in [2.05, 4.69) is 5.32 Å². The number of halogens is 2. The SMILES string of the molecule is COc1ccc(C)cc1N(CC(=O)N(Cc1ccc(Cl)c(Cl)c1)[C@@H](C)C(=O)NC1CCCCC1)S(=O)(=O)c1ccc(C)cc1. The molecule has 0 saturated heterocycles. The van der Waals surface area contributed by atoms with Crippen LogP contribution in [-0.4, -0.2) is 50.9 Å². The predicted octanol–water partition coefficient (Wildman–Crippen LogP) is 6.68. The number of anilines is 1. The minimum Gasteiger partial charge on any atom is -0.495 e. The number of benzene rings is 3. The van der Waals surface area contributed by atoms with E-state index in [1.165, 1.54) is 24.1 Å². The molecule has 0 bridgehead atoms. The van der Waals surface area contributed by atoms with Crippen LogP contribution < -0.4 is 14.4 Å². The van der Waals surface area contributed by atoms with E-state index in [-0.39, 0.29) is 29.1 Å². The number of methoxy groups -OCH3 is 1. The van der Waals surface area contributed by atoms with E-state index in [9.17, 15) is 18.0 Å². The van der Waals surface area contributed by atoms with Crippen molar-refractivity contribution in [2.75, 3.05) is 18.0 Å². The summed E-state index contributed by atoms with van der Waals surface area (Å²) in [5.41, 5.74) is 2.54.